The lowest BCUT2D eigenvalue weighted by molar-refractivity contribution is 0.122. The molecule has 3 aliphatic heterocycles. The van der Waals surface area contributed by atoms with E-state index in [1.165, 1.54) is 12.8 Å². The molecule has 0 unspecified atom stereocenters. The van der Waals surface area contributed by atoms with Crippen molar-refractivity contribution in [3.05, 3.63) is 42.9 Å². The molecule has 0 aliphatic carbocycles. The fourth-order valence-corrected chi connectivity index (χ4v) is 5.06. The summed E-state index contributed by atoms with van der Waals surface area (Å²) in [7, 11) is 0. The van der Waals surface area contributed by atoms with Gasteiger partial charge >= 0.3 is 0 Å². The molecule has 8 heteroatoms. The van der Waals surface area contributed by atoms with Crippen LogP contribution in [-0.4, -0.2) is 71.4 Å². The number of fused-ring (bicyclic) bond motifs is 1. The average molecular weight is 403 g/mol. The highest BCUT2D eigenvalue weighted by atomic mass is 16.5. The van der Waals surface area contributed by atoms with E-state index in [1.807, 2.05) is 30.7 Å². The standard InChI is InChI=1S/C22H25N7O/c1-4-17-18(23-6-1)14-19(27-10-12-30-13-11-27)26-20(17)28-15-22(16-28)5-2-9-29(22)21-24-7-3-8-25-21/h1,3-4,6-8,14H,2,5,9-13,15-16H2. The fraction of sp³-hybridized carbons (Fsp3) is 0.455. The van der Waals surface area contributed by atoms with E-state index in [4.69, 9.17) is 9.72 Å². The van der Waals surface area contributed by atoms with E-state index in [9.17, 15) is 0 Å². The van der Waals surface area contributed by atoms with Crippen molar-refractivity contribution in [2.45, 2.75) is 18.4 Å². The maximum Gasteiger partial charge on any atom is 0.225 e. The van der Waals surface area contributed by atoms with Gasteiger partial charge in [0.2, 0.25) is 5.95 Å². The predicted molar refractivity (Wildman–Crippen MR) is 116 cm³/mol. The van der Waals surface area contributed by atoms with E-state index in [2.05, 4.69) is 41.8 Å². The maximum atomic E-state index is 5.52. The van der Waals surface area contributed by atoms with E-state index in [0.29, 0.717) is 0 Å². The molecule has 30 heavy (non-hydrogen) atoms. The van der Waals surface area contributed by atoms with Gasteiger partial charge in [-0.3, -0.25) is 4.98 Å². The normalized spacial score (nSPS) is 20.7. The molecule has 0 N–H and O–H groups in total. The van der Waals surface area contributed by atoms with Crippen molar-refractivity contribution in [1.29, 1.82) is 0 Å². The molecule has 3 aliphatic rings. The van der Waals surface area contributed by atoms with Crippen LogP contribution in [0.5, 0.6) is 0 Å². The third-order valence-corrected chi connectivity index (χ3v) is 6.56. The van der Waals surface area contributed by atoms with Crippen molar-refractivity contribution in [3.63, 3.8) is 0 Å². The number of hydrogen-bond donors (Lipinski definition) is 0. The Bertz CT molecular complexity index is 1050. The van der Waals surface area contributed by atoms with Gasteiger partial charge in [-0.05, 0) is 31.0 Å². The predicted octanol–water partition coefficient (Wildman–Crippen LogP) is 2.12. The van der Waals surface area contributed by atoms with Gasteiger partial charge < -0.3 is 19.4 Å². The number of aromatic nitrogens is 4. The molecule has 3 aromatic heterocycles. The summed E-state index contributed by atoms with van der Waals surface area (Å²) in [4.78, 5) is 25.9. The third kappa shape index (κ3) is 2.86. The highest BCUT2D eigenvalue weighted by Crippen LogP contribution is 2.42. The van der Waals surface area contributed by atoms with Gasteiger partial charge in [0.15, 0.2) is 0 Å². The second kappa shape index (κ2) is 7.05. The quantitative estimate of drug-likeness (QED) is 0.659. The van der Waals surface area contributed by atoms with Crippen molar-refractivity contribution < 1.29 is 4.74 Å². The van der Waals surface area contributed by atoms with E-state index in [-0.39, 0.29) is 5.54 Å². The molecule has 8 nitrogen and oxygen atoms in total. The molecular formula is C22H25N7O. The molecule has 0 aromatic carbocycles. The topological polar surface area (TPSA) is 70.5 Å². The molecular weight excluding hydrogens is 378 g/mol. The molecule has 0 saturated carbocycles. The minimum atomic E-state index is 0.104. The number of morpholine rings is 1. The van der Waals surface area contributed by atoms with Crippen molar-refractivity contribution in [3.8, 4) is 0 Å². The summed E-state index contributed by atoms with van der Waals surface area (Å²) in [5, 5.41) is 1.12. The molecule has 0 bridgehead atoms. The van der Waals surface area contributed by atoms with Crippen LogP contribution in [0.2, 0.25) is 0 Å². The van der Waals surface area contributed by atoms with Crippen LogP contribution in [0.4, 0.5) is 17.6 Å². The van der Waals surface area contributed by atoms with Crippen LogP contribution < -0.4 is 14.7 Å². The van der Waals surface area contributed by atoms with Gasteiger partial charge in [-0.25, -0.2) is 15.0 Å². The van der Waals surface area contributed by atoms with Crippen LogP contribution in [0.1, 0.15) is 12.8 Å². The highest BCUT2D eigenvalue weighted by molar-refractivity contribution is 5.92. The number of pyridine rings is 2. The van der Waals surface area contributed by atoms with Crippen LogP contribution in [0, 0.1) is 0 Å². The Kier molecular flexibility index (Phi) is 4.19. The fourth-order valence-electron chi connectivity index (χ4n) is 5.06. The molecule has 3 aromatic rings. The number of anilines is 3. The number of ether oxygens (including phenoxy) is 1. The third-order valence-electron chi connectivity index (χ3n) is 6.56. The van der Waals surface area contributed by atoms with Gasteiger partial charge in [0.1, 0.15) is 11.6 Å². The van der Waals surface area contributed by atoms with Crippen molar-refractivity contribution in [1.82, 2.24) is 19.9 Å². The zero-order valence-electron chi connectivity index (χ0n) is 16.9. The number of hydrogen-bond acceptors (Lipinski definition) is 8. The molecule has 6 heterocycles. The lowest BCUT2D eigenvalue weighted by atomic mass is 9.86. The van der Waals surface area contributed by atoms with E-state index < -0.39 is 0 Å². The molecule has 0 atom stereocenters. The van der Waals surface area contributed by atoms with E-state index >= 15 is 0 Å². The van der Waals surface area contributed by atoms with Gasteiger partial charge in [0.05, 0.1) is 24.3 Å². The van der Waals surface area contributed by atoms with Crippen LogP contribution in [0.25, 0.3) is 10.9 Å². The Labute approximate surface area is 175 Å². The number of rotatable bonds is 3. The van der Waals surface area contributed by atoms with Gasteiger partial charge in [-0.1, -0.05) is 0 Å². The smallest absolute Gasteiger partial charge is 0.225 e. The summed E-state index contributed by atoms with van der Waals surface area (Å²) in [6.45, 7) is 6.12. The maximum absolute atomic E-state index is 5.52. The Morgan fingerprint density at radius 2 is 1.70 bits per heavy atom. The lowest BCUT2D eigenvalue weighted by Gasteiger charge is -2.53. The zero-order chi connectivity index (χ0) is 20.0. The highest BCUT2D eigenvalue weighted by Gasteiger charge is 2.52. The molecule has 0 radical (unpaired) electrons. The van der Waals surface area contributed by atoms with Crippen LogP contribution >= 0.6 is 0 Å². The van der Waals surface area contributed by atoms with Crippen molar-refractivity contribution in [2.75, 3.05) is 60.6 Å². The first-order valence-corrected chi connectivity index (χ1v) is 10.7. The Balaban J connectivity index is 1.33. The van der Waals surface area contributed by atoms with Gasteiger partial charge in [-0.15, -0.1) is 0 Å². The van der Waals surface area contributed by atoms with E-state index in [0.717, 1.165) is 74.4 Å². The monoisotopic (exact) mass is 403 g/mol. The Morgan fingerprint density at radius 1 is 0.900 bits per heavy atom. The van der Waals surface area contributed by atoms with Crippen molar-refractivity contribution >= 4 is 28.5 Å². The second-order valence-electron chi connectivity index (χ2n) is 8.36. The van der Waals surface area contributed by atoms with Crippen LogP contribution in [-0.2, 0) is 4.74 Å². The number of nitrogens with zero attached hydrogens (tertiary/aromatic N) is 7. The SMILES string of the molecule is c1cnc(N2CCCC23CN(c2nc(N4CCOCC4)cc4ncccc24)C3)nc1. The molecule has 3 saturated heterocycles. The first-order valence-electron chi connectivity index (χ1n) is 10.7. The minimum absolute atomic E-state index is 0.104. The minimum Gasteiger partial charge on any atom is -0.378 e. The molecule has 1 spiro atoms. The Hall–Kier alpha value is -3.00. The first kappa shape index (κ1) is 17.8. The van der Waals surface area contributed by atoms with Gasteiger partial charge in [-0.2, -0.15) is 0 Å². The lowest BCUT2D eigenvalue weighted by Crippen LogP contribution is -2.68. The first-order chi connectivity index (χ1) is 14.8. The average Bonchev–Trinajstić information content (AvgIpc) is 3.24. The van der Waals surface area contributed by atoms with Crippen LogP contribution in [0.3, 0.4) is 0 Å². The molecule has 0 amide bonds. The molecule has 154 valence electrons. The second-order valence-corrected chi connectivity index (χ2v) is 8.36. The summed E-state index contributed by atoms with van der Waals surface area (Å²) >= 11 is 0. The summed E-state index contributed by atoms with van der Waals surface area (Å²) in [5.74, 6) is 2.87. The largest absolute Gasteiger partial charge is 0.378 e. The summed E-state index contributed by atoms with van der Waals surface area (Å²) in [6.07, 6.45) is 7.86. The van der Waals surface area contributed by atoms with Crippen LogP contribution in [0.15, 0.2) is 42.9 Å². The van der Waals surface area contributed by atoms with E-state index in [1.54, 1.807) is 0 Å². The summed E-state index contributed by atoms with van der Waals surface area (Å²) in [6, 6.07) is 8.11. The zero-order valence-corrected chi connectivity index (χ0v) is 16.9. The summed E-state index contributed by atoms with van der Waals surface area (Å²) < 4.78 is 5.52. The van der Waals surface area contributed by atoms with Gasteiger partial charge in [0, 0.05) is 62.8 Å². The summed E-state index contributed by atoms with van der Waals surface area (Å²) in [5.41, 5.74) is 1.10. The molecule has 6 rings (SSSR count). The Morgan fingerprint density at radius 3 is 2.53 bits per heavy atom. The van der Waals surface area contributed by atoms with Gasteiger partial charge in [0.25, 0.3) is 0 Å². The molecule has 3 fully saturated rings. The van der Waals surface area contributed by atoms with Crippen molar-refractivity contribution in [2.24, 2.45) is 0 Å².